The quantitative estimate of drug-likeness (QED) is 0.622. The first-order valence-corrected chi connectivity index (χ1v) is 4.12. The second-order valence-electron chi connectivity index (χ2n) is 2.45. The van der Waals surface area contributed by atoms with Gasteiger partial charge in [0.1, 0.15) is 6.26 Å². The predicted octanol–water partition coefficient (Wildman–Crippen LogP) is 3.13. The molecule has 0 aliphatic rings. The van der Waals surface area contributed by atoms with Crippen molar-refractivity contribution in [3.63, 3.8) is 0 Å². The van der Waals surface area contributed by atoms with Crippen molar-refractivity contribution in [2.45, 2.75) is 40.5 Å². The van der Waals surface area contributed by atoms with Crippen LogP contribution in [0.25, 0.3) is 0 Å². The smallest absolute Gasteiger partial charge is 0.191 e. The van der Waals surface area contributed by atoms with Crippen LogP contribution in [-0.2, 0) is 0 Å². The molecule has 64 valence electrons. The molecule has 0 aromatic carbocycles. The number of hydrogen-bond donors (Lipinski definition) is 0. The molecule has 1 aromatic heterocycles. The summed E-state index contributed by atoms with van der Waals surface area (Å²) in [5.41, 5.74) is 1.03. The molecule has 2 nitrogen and oxygen atoms in total. The second kappa shape index (κ2) is 4.94. The van der Waals surface area contributed by atoms with E-state index < -0.39 is 0 Å². The van der Waals surface area contributed by atoms with Crippen LogP contribution in [0.15, 0.2) is 10.7 Å². The number of aryl methyl sites for hydroxylation is 1. The van der Waals surface area contributed by atoms with Crippen LogP contribution < -0.4 is 0 Å². The maximum atomic E-state index is 5.01. The van der Waals surface area contributed by atoms with E-state index in [9.17, 15) is 0 Å². The Hall–Kier alpha value is -0.790. The van der Waals surface area contributed by atoms with E-state index in [-0.39, 0.29) is 0 Å². The minimum absolute atomic E-state index is 0.474. The molecule has 11 heavy (non-hydrogen) atoms. The van der Waals surface area contributed by atoms with Crippen molar-refractivity contribution in [1.82, 2.24) is 4.98 Å². The Balaban J connectivity index is 0.000000461. The van der Waals surface area contributed by atoms with Crippen molar-refractivity contribution in [3.8, 4) is 0 Å². The molecule has 0 radical (unpaired) electrons. The van der Waals surface area contributed by atoms with Crippen LogP contribution >= 0.6 is 0 Å². The molecule has 0 aliphatic carbocycles. The lowest BCUT2D eigenvalue weighted by Crippen LogP contribution is -1.85. The molecule has 0 bridgehead atoms. The van der Waals surface area contributed by atoms with Gasteiger partial charge >= 0.3 is 0 Å². The Bertz CT molecular complexity index is 191. The van der Waals surface area contributed by atoms with Gasteiger partial charge in [-0.15, -0.1) is 0 Å². The largest absolute Gasteiger partial charge is 0.449 e. The van der Waals surface area contributed by atoms with Crippen LogP contribution in [-0.4, -0.2) is 4.98 Å². The summed E-state index contributed by atoms with van der Waals surface area (Å²) in [5.74, 6) is 1.22. The molecule has 0 spiro atoms. The summed E-state index contributed by atoms with van der Waals surface area (Å²) in [6, 6.07) is 0. The number of nitrogens with zero attached hydrogens (tertiary/aromatic N) is 1. The van der Waals surface area contributed by atoms with Crippen LogP contribution in [0.2, 0.25) is 0 Å². The van der Waals surface area contributed by atoms with E-state index in [0.29, 0.717) is 5.92 Å². The summed E-state index contributed by atoms with van der Waals surface area (Å²) in [7, 11) is 0. The normalized spacial score (nSPS) is 9.27. The van der Waals surface area contributed by atoms with Crippen molar-refractivity contribution >= 4 is 0 Å². The SMILES string of the molecule is CC.Cc1nc(C(C)C)co1. The summed E-state index contributed by atoms with van der Waals surface area (Å²) < 4.78 is 5.01. The summed E-state index contributed by atoms with van der Waals surface area (Å²) in [5, 5.41) is 0. The highest BCUT2D eigenvalue weighted by molar-refractivity contribution is 5.00. The summed E-state index contributed by atoms with van der Waals surface area (Å²) >= 11 is 0. The number of hydrogen-bond acceptors (Lipinski definition) is 2. The third kappa shape index (κ3) is 3.21. The molecule has 0 atom stereocenters. The third-order valence-corrected chi connectivity index (χ3v) is 1.23. The number of oxazole rings is 1. The van der Waals surface area contributed by atoms with Crippen LogP contribution in [0.5, 0.6) is 0 Å². The summed E-state index contributed by atoms with van der Waals surface area (Å²) in [6.45, 7) is 10.0. The standard InChI is InChI=1S/C7H11NO.C2H6/c1-5(2)7-4-9-6(3)8-7;1-2/h4-5H,1-3H3;1-2H3. The Morgan fingerprint density at radius 3 is 2.09 bits per heavy atom. The molecule has 1 rings (SSSR count). The van der Waals surface area contributed by atoms with E-state index >= 15 is 0 Å². The van der Waals surface area contributed by atoms with Gasteiger partial charge in [-0.3, -0.25) is 0 Å². The van der Waals surface area contributed by atoms with Crippen LogP contribution in [0, 0.1) is 6.92 Å². The molecule has 1 aromatic rings. The first-order valence-electron chi connectivity index (χ1n) is 4.12. The van der Waals surface area contributed by atoms with Crippen molar-refractivity contribution in [1.29, 1.82) is 0 Å². The van der Waals surface area contributed by atoms with E-state index in [1.165, 1.54) is 0 Å². The fourth-order valence-corrected chi connectivity index (χ4v) is 0.645. The average molecular weight is 155 g/mol. The Morgan fingerprint density at radius 2 is 1.91 bits per heavy atom. The number of rotatable bonds is 1. The zero-order valence-electron chi connectivity index (χ0n) is 8.01. The van der Waals surface area contributed by atoms with Crippen molar-refractivity contribution < 1.29 is 4.42 Å². The van der Waals surface area contributed by atoms with Gasteiger partial charge in [-0.05, 0) is 5.92 Å². The molecule has 0 N–H and O–H groups in total. The van der Waals surface area contributed by atoms with E-state index in [1.807, 2.05) is 20.8 Å². The Labute approximate surface area is 68.6 Å². The van der Waals surface area contributed by atoms with Gasteiger partial charge in [-0.1, -0.05) is 27.7 Å². The topological polar surface area (TPSA) is 26.0 Å². The molecule has 0 unspecified atom stereocenters. The van der Waals surface area contributed by atoms with Gasteiger partial charge in [0.15, 0.2) is 5.89 Å². The average Bonchev–Trinajstić information content (AvgIpc) is 2.40. The zero-order valence-corrected chi connectivity index (χ0v) is 8.01. The van der Waals surface area contributed by atoms with Gasteiger partial charge in [0.05, 0.1) is 5.69 Å². The van der Waals surface area contributed by atoms with Crippen LogP contribution in [0.1, 0.15) is 45.2 Å². The van der Waals surface area contributed by atoms with E-state index in [4.69, 9.17) is 4.42 Å². The van der Waals surface area contributed by atoms with Gasteiger partial charge < -0.3 is 4.42 Å². The van der Waals surface area contributed by atoms with Gasteiger partial charge in [0, 0.05) is 6.92 Å². The predicted molar refractivity (Wildman–Crippen MR) is 46.7 cm³/mol. The maximum absolute atomic E-state index is 5.01. The van der Waals surface area contributed by atoms with Crippen molar-refractivity contribution in [2.75, 3.05) is 0 Å². The zero-order chi connectivity index (χ0) is 8.85. The van der Waals surface area contributed by atoms with E-state index in [1.54, 1.807) is 6.26 Å². The maximum Gasteiger partial charge on any atom is 0.191 e. The molecular formula is C9H17NO. The fraction of sp³-hybridized carbons (Fsp3) is 0.667. The van der Waals surface area contributed by atoms with Gasteiger partial charge in [-0.2, -0.15) is 0 Å². The molecule has 0 aliphatic heterocycles. The number of aromatic nitrogens is 1. The third-order valence-electron chi connectivity index (χ3n) is 1.23. The van der Waals surface area contributed by atoms with Gasteiger partial charge in [0.25, 0.3) is 0 Å². The molecule has 0 saturated heterocycles. The minimum atomic E-state index is 0.474. The first kappa shape index (κ1) is 10.2. The molecule has 2 heteroatoms. The monoisotopic (exact) mass is 155 g/mol. The van der Waals surface area contributed by atoms with Gasteiger partial charge in [-0.25, -0.2) is 4.98 Å². The molecular weight excluding hydrogens is 138 g/mol. The van der Waals surface area contributed by atoms with Crippen LogP contribution in [0.3, 0.4) is 0 Å². The lowest BCUT2D eigenvalue weighted by atomic mass is 10.2. The highest BCUT2D eigenvalue weighted by Gasteiger charge is 2.02. The first-order chi connectivity index (χ1) is 5.20. The molecule has 0 saturated carbocycles. The molecule has 0 amide bonds. The second-order valence-corrected chi connectivity index (χ2v) is 2.45. The lowest BCUT2D eigenvalue weighted by molar-refractivity contribution is 0.520. The van der Waals surface area contributed by atoms with Gasteiger partial charge in [0.2, 0.25) is 0 Å². The van der Waals surface area contributed by atoms with Crippen molar-refractivity contribution in [2.24, 2.45) is 0 Å². The molecule has 0 fully saturated rings. The minimum Gasteiger partial charge on any atom is -0.449 e. The molecule has 1 heterocycles. The Morgan fingerprint density at radius 1 is 1.36 bits per heavy atom. The van der Waals surface area contributed by atoms with E-state index in [2.05, 4.69) is 18.8 Å². The van der Waals surface area contributed by atoms with E-state index in [0.717, 1.165) is 11.6 Å². The Kier molecular flexibility index (Phi) is 4.59. The highest BCUT2D eigenvalue weighted by atomic mass is 16.3. The highest BCUT2D eigenvalue weighted by Crippen LogP contribution is 2.11. The fourth-order valence-electron chi connectivity index (χ4n) is 0.645. The summed E-state index contributed by atoms with van der Waals surface area (Å²) in [4.78, 5) is 4.14. The summed E-state index contributed by atoms with van der Waals surface area (Å²) in [6.07, 6.45) is 1.71. The van der Waals surface area contributed by atoms with Crippen molar-refractivity contribution in [3.05, 3.63) is 17.8 Å². The van der Waals surface area contributed by atoms with Crippen LogP contribution in [0.4, 0.5) is 0 Å². The lowest BCUT2D eigenvalue weighted by Gasteiger charge is -1.93.